The Labute approximate surface area is 191 Å². The lowest BCUT2D eigenvalue weighted by Crippen LogP contribution is -2.53. The van der Waals surface area contributed by atoms with Gasteiger partial charge < -0.3 is 0 Å². The fourth-order valence-electron chi connectivity index (χ4n) is 6.72. The topological polar surface area (TPSA) is 80.5 Å². The molecule has 164 valence electrons. The second-order valence-corrected chi connectivity index (χ2v) is 9.22. The van der Waals surface area contributed by atoms with Gasteiger partial charge in [0.25, 0.3) is 5.69 Å². The zero-order valence-electron chi connectivity index (χ0n) is 18.3. The number of amides is 2. The molecule has 2 atom stereocenters. The highest BCUT2D eigenvalue weighted by atomic mass is 16.6. The van der Waals surface area contributed by atoms with Gasteiger partial charge in [-0.1, -0.05) is 61.5 Å². The summed E-state index contributed by atoms with van der Waals surface area (Å²) in [6.07, 6.45) is 0.676. The quantitative estimate of drug-likeness (QED) is 0.332. The molecule has 0 unspecified atom stereocenters. The maximum absolute atomic E-state index is 14.0. The summed E-state index contributed by atoms with van der Waals surface area (Å²) < 4.78 is 0. The highest BCUT2D eigenvalue weighted by Crippen LogP contribution is 2.65. The Balaban J connectivity index is 1.60. The monoisotopic (exact) mass is 438 g/mol. The van der Waals surface area contributed by atoms with Crippen LogP contribution in [0.4, 0.5) is 11.4 Å². The number of nitrogens with zero attached hydrogens (tertiary/aromatic N) is 2. The van der Waals surface area contributed by atoms with Crippen LogP contribution in [0.15, 0.2) is 66.7 Å². The van der Waals surface area contributed by atoms with Crippen molar-refractivity contribution in [1.82, 2.24) is 0 Å². The molecule has 0 saturated carbocycles. The van der Waals surface area contributed by atoms with E-state index in [0.717, 1.165) is 22.3 Å². The highest BCUT2D eigenvalue weighted by molar-refractivity contribution is 6.24. The van der Waals surface area contributed by atoms with E-state index in [0.29, 0.717) is 12.0 Å². The summed E-state index contributed by atoms with van der Waals surface area (Å²) in [5, 5.41) is 11.5. The molecule has 0 aromatic heterocycles. The molecule has 0 radical (unpaired) electrons. The van der Waals surface area contributed by atoms with Crippen LogP contribution in [0.5, 0.6) is 0 Å². The Kier molecular flexibility index (Phi) is 3.97. The lowest BCUT2D eigenvalue weighted by Gasteiger charge is -2.54. The minimum atomic E-state index is -0.606. The summed E-state index contributed by atoms with van der Waals surface area (Å²) in [6, 6.07) is 20.9. The van der Waals surface area contributed by atoms with E-state index in [9.17, 15) is 19.7 Å². The Morgan fingerprint density at radius 1 is 0.939 bits per heavy atom. The molecular weight excluding hydrogens is 416 g/mol. The molecule has 7 rings (SSSR count). The van der Waals surface area contributed by atoms with Gasteiger partial charge in [0.2, 0.25) is 11.8 Å². The number of benzene rings is 3. The molecule has 1 saturated heterocycles. The van der Waals surface area contributed by atoms with Gasteiger partial charge in [-0.25, -0.2) is 4.90 Å². The number of rotatable bonds is 3. The molecule has 0 N–H and O–H groups in total. The third-order valence-electron chi connectivity index (χ3n) is 8.00. The summed E-state index contributed by atoms with van der Waals surface area (Å²) in [5.41, 5.74) is 4.52. The van der Waals surface area contributed by atoms with E-state index >= 15 is 0 Å². The molecule has 3 aliphatic carbocycles. The summed E-state index contributed by atoms with van der Waals surface area (Å²) in [4.78, 5) is 40.2. The Hall–Kier alpha value is -3.80. The number of aryl methyl sites for hydroxylation is 1. The first-order chi connectivity index (χ1) is 15.9. The molecule has 33 heavy (non-hydrogen) atoms. The molecule has 2 bridgehead atoms. The van der Waals surface area contributed by atoms with Crippen LogP contribution >= 0.6 is 0 Å². The van der Waals surface area contributed by atoms with Crippen molar-refractivity contribution in [1.29, 1.82) is 0 Å². The van der Waals surface area contributed by atoms with Crippen LogP contribution in [-0.2, 0) is 15.0 Å². The molecule has 3 aromatic rings. The van der Waals surface area contributed by atoms with E-state index in [4.69, 9.17) is 0 Å². The zero-order valence-corrected chi connectivity index (χ0v) is 18.3. The second kappa shape index (κ2) is 6.61. The lowest BCUT2D eigenvalue weighted by atomic mass is 9.46. The van der Waals surface area contributed by atoms with Gasteiger partial charge in [0.1, 0.15) is 0 Å². The molecule has 1 aliphatic heterocycles. The predicted octanol–water partition coefficient (Wildman–Crippen LogP) is 4.86. The minimum Gasteiger partial charge on any atom is -0.274 e. The van der Waals surface area contributed by atoms with Gasteiger partial charge in [-0.3, -0.25) is 19.7 Å². The van der Waals surface area contributed by atoms with Crippen LogP contribution in [0.25, 0.3) is 0 Å². The van der Waals surface area contributed by atoms with Crippen molar-refractivity contribution >= 4 is 23.2 Å². The van der Waals surface area contributed by atoms with Crippen LogP contribution < -0.4 is 4.90 Å². The van der Waals surface area contributed by atoms with E-state index in [1.54, 1.807) is 19.1 Å². The normalized spacial score (nSPS) is 26.7. The van der Waals surface area contributed by atoms with Crippen LogP contribution in [0.3, 0.4) is 0 Å². The van der Waals surface area contributed by atoms with Gasteiger partial charge in [-0.15, -0.1) is 0 Å². The van der Waals surface area contributed by atoms with Gasteiger partial charge in [0.05, 0.1) is 22.4 Å². The summed E-state index contributed by atoms with van der Waals surface area (Å²) >= 11 is 0. The SMILES string of the molecule is CCC12c3ccccc3C(c3ccccc31)[C@@H]1C(=O)N(c3ccc(C)c([N+](=O)[O-])c3)C(=O)[C@@H]12. The standard InChI is InChI=1S/C27H22N2O4/c1-3-27-19-10-6-4-8-17(19)22(18-9-5-7-11-20(18)27)23-24(27)26(31)28(25(23)30)16-13-12-15(2)21(14-16)29(32)33/h4-14,22-24H,3H2,1-2H3/t22?,23-,24+,27?/m0/s1. The molecule has 1 heterocycles. The third-order valence-corrected chi connectivity index (χ3v) is 8.00. The molecule has 2 amide bonds. The molecule has 0 spiro atoms. The van der Waals surface area contributed by atoms with Crippen LogP contribution in [0, 0.1) is 28.9 Å². The molecule has 6 heteroatoms. The smallest absolute Gasteiger partial charge is 0.274 e. The van der Waals surface area contributed by atoms with Gasteiger partial charge in [0, 0.05) is 23.0 Å². The molecule has 3 aromatic carbocycles. The molecule has 4 aliphatic rings. The summed E-state index contributed by atoms with van der Waals surface area (Å²) in [6.45, 7) is 3.72. The number of nitro benzene ring substituents is 1. The minimum absolute atomic E-state index is 0.0947. The Morgan fingerprint density at radius 3 is 2.12 bits per heavy atom. The second-order valence-electron chi connectivity index (χ2n) is 9.22. The fraction of sp³-hybridized carbons (Fsp3) is 0.259. The van der Waals surface area contributed by atoms with Crippen molar-refractivity contribution in [2.24, 2.45) is 11.8 Å². The molecule has 1 fully saturated rings. The van der Waals surface area contributed by atoms with Crippen LogP contribution in [0.1, 0.15) is 47.1 Å². The number of hydrogen-bond donors (Lipinski definition) is 0. The fourth-order valence-corrected chi connectivity index (χ4v) is 6.72. The maximum atomic E-state index is 14.0. The van der Waals surface area contributed by atoms with E-state index < -0.39 is 22.2 Å². The van der Waals surface area contributed by atoms with Crippen molar-refractivity contribution < 1.29 is 14.5 Å². The average Bonchev–Trinajstić information content (AvgIpc) is 3.10. The van der Waals surface area contributed by atoms with Crippen molar-refractivity contribution in [2.45, 2.75) is 31.6 Å². The van der Waals surface area contributed by atoms with Gasteiger partial charge in [-0.05, 0) is 41.7 Å². The zero-order chi connectivity index (χ0) is 23.1. The maximum Gasteiger partial charge on any atom is 0.274 e. The highest BCUT2D eigenvalue weighted by Gasteiger charge is 2.67. The van der Waals surface area contributed by atoms with E-state index in [1.165, 1.54) is 11.0 Å². The first-order valence-electron chi connectivity index (χ1n) is 11.2. The number of nitro groups is 1. The van der Waals surface area contributed by atoms with Crippen molar-refractivity contribution in [3.63, 3.8) is 0 Å². The Bertz CT molecular complexity index is 1330. The van der Waals surface area contributed by atoms with Crippen molar-refractivity contribution in [2.75, 3.05) is 4.90 Å². The summed E-state index contributed by atoms with van der Waals surface area (Å²) in [5.74, 6) is -1.81. The van der Waals surface area contributed by atoms with Crippen molar-refractivity contribution in [3.8, 4) is 0 Å². The first-order valence-corrected chi connectivity index (χ1v) is 11.2. The number of imide groups is 1. The predicted molar refractivity (Wildman–Crippen MR) is 123 cm³/mol. The van der Waals surface area contributed by atoms with E-state index in [-0.39, 0.29) is 29.1 Å². The van der Waals surface area contributed by atoms with Gasteiger partial charge >= 0.3 is 0 Å². The molecular formula is C27H22N2O4. The average molecular weight is 438 g/mol. The van der Waals surface area contributed by atoms with Crippen molar-refractivity contribution in [3.05, 3.63) is 105 Å². The third kappa shape index (κ3) is 2.28. The van der Waals surface area contributed by atoms with Gasteiger partial charge in [-0.2, -0.15) is 0 Å². The van der Waals surface area contributed by atoms with E-state index in [1.807, 2.05) is 24.3 Å². The largest absolute Gasteiger partial charge is 0.274 e. The first kappa shape index (κ1) is 19.9. The Morgan fingerprint density at radius 2 is 1.55 bits per heavy atom. The lowest BCUT2D eigenvalue weighted by molar-refractivity contribution is -0.385. The summed E-state index contributed by atoms with van der Waals surface area (Å²) in [7, 11) is 0. The number of anilines is 1. The van der Waals surface area contributed by atoms with E-state index in [2.05, 4.69) is 31.2 Å². The number of hydrogen-bond acceptors (Lipinski definition) is 4. The van der Waals surface area contributed by atoms with Gasteiger partial charge in [0.15, 0.2) is 0 Å². The van der Waals surface area contributed by atoms with Crippen LogP contribution in [-0.4, -0.2) is 16.7 Å². The van der Waals surface area contributed by atoms with Crippen LogP contribution in [0.2, 0.25) is 0 Å². The molecule has 6 nitrogen and oxygen atoms in total. The number of carbonyl (C=O) groups is 2. The number of carbonyl (C=O) groups excluding carboxylic acids is 2.